The minimum atomic E-state index is -1.01. The van der Waals surface area contributed by atoms with E-state index in [4.69, 9.17) is 9.84 Å². The Labute approximate surface area is 110 Å². The van der Waals surface area contributed by atoms with Crippen LogP contribution >= 0.6 is 0 Å². The third-order valence-electron chi connectivity index (χ3n) is 2.34. The van der Waals surface area contributed by atoms with Crippen LogP contribution in [0.15, 0.2) is 42.9 Å². The van der Waals surface area contributed by atoms with Gasteiger partial charge in [0.15, 0.2) is 0 Å². The summed E-state index contributed by atoms with van der Waals surface area (Å²) in [4.78, 5) is 18.6. The maximum absolute atomic E-state index is 10.4. The number of hydrogen-bond acceptors (Lipinski definition) is 4. The van der Waals surface area contributed by atoms with E-state index in [-0.39, 0.29) is 0 Å². The molecule has 0 unspecified atom stereocenters. The van der Waals surface area contributed by atoms with Crippen LogP contribution in [0.3, 0.4) is 0 Å². The van der Waals surface area contributed by atoms with E-state index in [9.17, 15) is 4.79 Å². The van der Waals surface area contributed by atoms with Crippen molar-refractivity contribution < 1.29 is 14.6 Å². The van der Waals surface area contributed by atoms with E-state index in [0.29, 0.717) is 17.1 Å². The molecule has 2 rings (SSSR count). The van der Waals surface area contributed by atoms with Gasteiger partial charge in [0.2, 0.25) is 0 Å². The van der Waals surface area contributed by atoms with Gasteiger partial charge >= 0.3 is 5.97 Å². The number of nitrogens with zero attached hydrogens (tertiary/aromatic N) is 2. The van der Waals surface area contributed by atoms with Crippen LogP contribution in [0.2, 0.25) is 0 Å². The summed E-state index contributed by atoms with van der Waals surface area (Å²) in [7, 11) is 0. The Balaban J connectivity index is 2.20. The predicted octanol–water partition coefficient (Wildman–Crippen LogP) is 2.68. The fourth-order valence-corrected chi connectivity index (χ4v) is 1.45. The number of hydrogen-bond donors (Lipinski definition) is 1. The monoisotopic (exact) mass is 256 g/mol. The Morgan fingerprint density at radius 1 is 1.42 bits per heavy atom. The molecule has 0 amide bonds. The van der Waals surface area contributed by atoms with Gasteiger partial charge in [-0.05, 0) is 36.8 Å². The van der Waals surface area contributed by atoms with Crippen molar-refractivity contribution in [1.82, 2.24) is 9.97 Å². The topological polar surface area (TPSA) is 72.3 Å². The normalized spacial score (nSPS) is 10.6. The molecule has 0 atom stereocenters. The molecule has 0 aliphatic heterocycles. The third kappa shape index (κ3) is 3.64. The van der Waals surface area contributed by atoms with Gasteiger partial charge in [-0.15, -0.1) is 0 Å². The fraction of sp³-hybridized carbons (Fsp3) is 0.0714. The number of ether oxygens (including phenoxy) is 1. The van der Waals surface area contributed by atoms with E-state index in [2.05, 4.69) is 9.97 Å². The van der Waals surface area contributed by atoms with E-state index in [1.807, 2.05) is 13.0 Å². The zero-order valence-corrected chi connectivity index (χ0v) is 10.3. The second-order valence-corrected chi connectivity index (χ2v) is 3.81. The van der Waals surface area contributed by atoms with Crippen molar-refractivity contribution in [2.24, 2.45) is 0 Å². The van der Waals surface area contributed by atoms with Crippen LogP contribution < -0.4 is 4.74 Å². The quantitative estimate of drug-likeness (QED) is 0.851. The molecule has 2 aromatic rings. The van der Waals surface area contributed by atoms with Crippen LogP contribution in [0.1, 0.15) is 11.3 Å². The lowest BCUT2D eigenvalue weighted by Gasteiger charge is -2.07. The minimum Gasteiger partial charge on any atom is -0.478 e. The summed E-state index contributed by atoms with van der Waals surface area (Å²) in [6.45, 7) is 1.84. The summed E-state index contributed by atoms with van der Waals surface area (Å²) in [5.74, 6) is 0.168. The molecule has 0 saturated carbocycles. The zero-order chi connectivity index (χ0) is 13.7. The van der Waals surface area contributed by atoms with Gasteiger partial charge in [0.25, 0.3) is 0 Å². The molecule has 2 heterocycles. The van der Waals surface area contributed by atoms with Crippen molar-refractivity contribution >= 4 is 12.0 Å². The maximum atomic E-state index is 10.4. The summed E-state index contributed by atoms with van der Waals surface area (Å²) < 4.78 is 5.65. The smallest absolute Gasteiger partial charge is 0.328 e. The van der Waals surface area contributed by atoms with E-state index in [1.165, 1.54) is 6.08 Å². The summed E-state index contributed by atoms with van der Waals surface area (Å²) in [5, 5.41) is 8.57. The van der Waals surface area contributed by atoms with Crippen LogP contribution in [0, 0.1) is 6.92 Å². The highest BCUT2D eigenvalue weighted by atomic mass is 16.5. The predicted molar refractivity (Wildman–Crippen MR) is 70.0 cm³/mol. The number of carbonyl (C=O) groups is 1. The van der Waals surface area contributed by atoms with Gasteiger partial charge in [-0.2, -0.15) is 0 Å². The molecule has 0 bridgehead atoms. The lowest BCUT2D eigenvalue weighted by molar-refractivity contribution is -0.131. The molecule has 0 aliphatic carbocycles. The number of carboxylic acid groups (broad SMARTS) is 1. The van der Waals surface area contributed by atoms with Crippen molar-refractivity contribution in [3.8, 4) is 11.5 Å². The SMILES string of the molecule is Cc1ncccc1Oc1cncc(/C=C/C(=O)O)c1. The van der Waals surface area contributed by atoms with Crippen LogP contribution in [0.5, 0.6) is 11.5 Å². The Morgan fingerprint density at radius 2 is 2.26 bits per heavy atom. The third-order valence-corrected chi connectivity index (χ3v) is 2.34. The average molecular weight is 256 g/mol. The van der Waals surface area contributed by atoms with Gasteiger partial charge in [-0.25, -0.2) is 4.79 Å². The Bertz CT molecular complexity index is 624. The number of aliphatic carboxylic acids is 1. The van der Waals surface area contributed by atoms with Crippen LogP contribution in [-0.2, 0) is 4.79 Å². The highest BCUT2D eigenvalue weighted by Crippen LogP contribution is 2.23. The van der Waals surface area contributed by atoms with Crippen LogP contribution in [0.4, 0.5) is 0 Å². The Hall–Kier alpha value is -2.69. The summed E-state index contributed by atoms with van der Waals surface area (Å²) in [6.07, 6.45) is 7.31. The molecule has 2 aromatic heterocycles. The van der Waals surface area contributed by atoms with E-state index >= 15 is 0 Å². The molecular weight excluding hydrogens is 244 g/mol. The van der Waals surface area contributed by atoms with Crippen molar-refractivity contribution in [2.45, 2.75) is 6.92 Å². The lowest BCUT2D eigenvalue weighted by Crippen LogP contribution is -1.91. The first kappa shape index (κ1) is 12.8. The zero-order valence-electron chi connectivity index (χ0n) is 10.3. The largest absolute Gasteiger partial charge is 0.478 e. The molecule has 0 radical (unpaired) electrons. The second-order valence-electron chi connectivity index (χ2n) is 3.81. The number of aromatic nitrogens is 2. The van der Waals surface area contributed by atoms with Gasteiger partial charge in [-0.1, -0.05) is 0 Å². The summed E-state index contributed by atoms with van der Waals surface area (Å²) in [5.41, 5.74) is 1.43. The van der Waals surface area contributed by atoms with Crippen molar-refractivity contribution in [1.29, 1.82) is 0 Å². The highest BCUT2D eigenvalue weighted by molar-refractivity contribution is 5.85. The van der Waals surface area contributed by atoms with Gasteiger partial charge in [0.1, 0.15) is 11.5 Å². The number of rotatable bonds is 4. The van der Waals surface area contributed by atoms with Gasteiger partial charge in [-0.3, -0.25) is 9.97 Å². The van der Waals surface area contributed by atoms with Crippen molar-refractivity contribution in [2.75, 3.05) is 0 Å². The Kier molecular flexibility index (Phi) is 3.87. The molecule has 5 nitrogen and oxygen atoms in total. The van der Waals surface area contributed by atoms with Gasteiger partial charge in [0, 0.05) is 18.5 Å². The number of aryl methyl sites for hydroxylation is 1. The number of carboxylic acids is 1. The first-order valence-corrected chi connectivity index (χ1v) is 5.60. The molecule has 96 valence electrons. The van der Waals surface area contributed by atoms with Crippen molar-refractivity contribution in [3.63, 3.8) is 0 Å². The average Bonchev–Trinajstić information content (AvgIpc) is 2.40. The molecule has 0 spiro atoms. The summed E-state index contributed by atoms with van der Waals surface area (Å²) >= 11 is 0. The summed E-state index contributed by atoms with van der Waals surface area (Å²) in [6, 6.07) is 5.30. The minimum absolute atomic E-state index is 0.531. The second kappa shape index (κ2) is 5.77. The molecule has 5 heteroatoms. The molecule has 0 aliphatic rings. The van der Waals surface area contributed by atoms with E-state index in [1.54, 1.807) is 30.7 Å². The number of pyridine rings is 2. The molecule has 1 N–H and O–H groups in total. The van der Waals surface area contributed by atoms with E-state index in [0.717, 1.165) is 11.8 Å². The van der Waals surface area contributed by atoms with E-state index < -0.39 is 5.97 Å². The van der Waals surface area contributed by atoms with Crippen LogP contribution in [0.25, 0.3) is 6.08 Å². The molecule has 19 heavy (non-hydrogen) atoms. The standard InChI is InChI=1S/C14H12N2O3/c1-10-13(3-2-6-16-10)19-12-7-11(8-15-9-12)4-5-14(17)18/h2-9H,1H3,(H,17,18)/b5-4+. The van der Waals surface area contributed by atoms with Gasteiger partial charge < -0.3 is 9.84 Å². The van der Waals surface area contributed by atoms with Gasteiger partial charge in [0.05, 0.1) is 11.9 Å². The fourth-order valence-electron chi connectivity index (χ4n) is 1.45. The maximum Gasteiger partial charge on any atom is 0.328 e. The highest BCUT2D eigenvalue weighted by Gasteiger charge is 2.02. The molecule has 0 saturated heterocycles. The lowest BCUT2D eigenvalue weighted by atomic mass is 10.2. The first-order chi connectivity index (χ1) is 9.15. The first-order valence-electron chi connectivity index (χ1n) is 5.60. The molecule has 0 fully saturated rings. The van der Waals surface area contributed by atoms with Crippen LogP contribution in [-0.4, -0.2) is 21.0 Å². The molecule has 0 aromatic carbocycles. The molecular formula is C14H12N2O3. The van der Waals surface area contributed by atoms with Crippen molar-refractivity contribution in [3.05, 3.63) is 54.1 Å². The Morgan fingerprint density at radius 3 is 3.00 bits per heavy atom.